The number of nitrogens with one attached hydrogen (secondary N) is 1. The second kappa shape index (κ2) is 5.47. The van der Waals surface area contributed by atoms with Gasteiger partial charge >= 0.3 is 0 Å². The lowest BCUT2D eigenvalue weighted by Crippen LogP contribution is -2.48. The Morgan fingerprint density at radius 3 is 2.33 bits per heavy atom. The number of hydrogen-bond acceptors (Lipinski definition) is 3. The minimum absolute atomic E-state index is 0.152. The summed E-state index contributed by atoms with van der Waals surface area (Å²) in [6.07, 6.45) is 4.69. The van der Waals surface area contributed by atoms with Crippen molar-refractivity contribution in [1.29, 1.82) is 0 Å². The molecule has 0 spiro atoms. The Hall–Kier alpha value is -0.610. The first kappa shape index (κ1) is 12.5. The number of hydrogen-bond donors (Lipinski definition) is 2. The largest absolute Gasteiger partial charge is 0.368 e. The van der Waals surface area contributed by atoms with Gasteiger partial charge in [0.15, 0.2) is 0 Å². The van der Waals surface area contributed by atoms with E-state index in [1.807, 2.05) is 21.0 Å². The maximum atomic E-state index is 11.1. The molecule has 4 nitrogen and oxygen atoms in total. The Morgan fingerprint density at radius 2 is 1.93 bits per heavy atom. The first-order valence-corrected chi connectivity index (χ1v) is 5.74. The zero-order valence-corrected chi connectivity index (χ0v) is 9.99. The van der Waals surface area contributed by atoms with Gasteiger partial charge in [-0.2, -0.15) is 0 Å². The number of nitrogens with zero attached hydrogens (tertiary/aromatic N) is 1. The van der Waals surface area contributed by atoms with Crippen LogP contribution < -0.4 is 11.1 Å². The number of rotatable bonds is 4. The van der Waals surface area contributed by atoms with Gasteiger partial charge in [0.05, 0.1) is 6.04 Å². The zero-order chi connectivity index (χ0) is 11.4. The second-order valence-corrected chi connectivity index (χ2v) is 4.54. The van der Waals surface area contributed by atoms with Crippen LogP contribution in [0.5, 0.6) is 0 Å². The number of primary amides is 1. The molecule has 1 amide bonds. The molecule has 1 aliphatic rings. The van der Waals surface area contributed by atoms with Gasteiger partial charge in [-0.1, -0.05) is 0 Å². The first-order valence-electron chi connectivity index (χ1n) is 5.74. The fourth-order valence-electron chi connectivity index (χ4n) is 2.29. The van der Waals surface area contributed by atoms with Crippen molar-refractivity contribution in [2.75, 3.05) is 14.1 Å². The number of nitrogens with two attached hydrogens (primary N) is 1. The van der Waals surface area contributed by atoms with Crippen LogP contribution in [0.1, 0.15) is 32.6 Å². The molecule has 1 unspecified atom stereocenters. The highest BCUT2D eigenvalue weighted by Crippen LogP contribution is 2.23. The fraction of sp³-hybridized carbons (Fsp3) is 0.909. The third-order valence-electron chi connectivity index (χ3n) is 3.70. The van der Waals surface area contributed by atoms with Crippen LogP contribution in [0.4, 0.5) is 0 Å². The third-order valence-corrected chi connectivity index (χ3v) is 3.70. The van der Waals surface area contributed by atoms with Crippen molar-refractivity contribution < 1.29 is 4.79 Å². The molecule has 0 heterocycles. The maximum Gasteiger partial charge on any atom is 0.234 e. The molecule has 0 aliphatic heterocycles. The van der Waals surface area contributed by atoms with E-state index >= 15 is 0 Å². The normalized spacial score (nSPS) is 29.1. The zero-order valence-electron chi connectivity index (χ0n) is 9.99. The summed E-state index contributed by atoms with van der Waals surface area (Å²) < 4.78 is 0. The van der Waals surface area contributed by atoms with E-state index in [2.05, 4.69) is 10.2 Å². The van der Waals surface area contributed by atoms with Crippen molar-refractivity contribution in [3.8, 4) is 0 Å². The molecule has 1 fully saturated rings. The van der Waals surface area contributed by atoms with Gasteiger partial charge in [-0.15, -0.1) is 0 Å². The molecule has 1 saturated carbocycles. The van der Waals surface area contributed by atoms with Crippen LogP contribution in [0.3, 0.4) is 0 Å². The second-order valence-electron chi connectivity index (χ2n) is 4.54. The molecule has 1 rings (SSSR count). The SMILES string of the molecule is CNC1CCC(N(C)C(C)C(N)=O)CC1. The van der Waals surface area contributed by atoms with Gasteiger partial charge < -0.3 is 11.1 Å². The van der Waals surface area contributed by atoms with Crippen LogP contribution in [-0.4, -0.2) is 43.0 Å². The molecule has 1 atom stereocenters. The van der Waals surface area contributed by atoms with Crippen molar-refractivity contribution in [3.63, 3.8) is 0 Å². The summed E-state index contributed by atoms with van der Waals surface area (Å²) in [5.74, 6) is -0.228. The van der Waals surface area contributed by atoms with Crippen molar-refractivity contribution >= 4 is 5.91 Å². The Labute approximate surface area is 92.2 Å². The number of likely N-dealkylation sites (N-methyl/N-ethyl adjacent to an activating group) is 1. The summed E-state index contributed by atoms with van der Waals surface area (Å²) in [5.41, 5.74) is 5.30. The van der Waals surface area contributed by atoms with Gasteiger partial charge in [-0.05, 0) is 46.7 Å². The van der Waals surface area contributed by atoms with Gasteiger partial charge in [-0.3, -0.25) is 9.69 Å². The highest BCUT2D eigenvalue weighted by molar-refractivity contribution is 5.79. The molecule has 0 radical (unpaired) electrons. The Kier molecular flexibility index (Phi) is 4.54. The molecule has 0 aromatic heterocycles. The van der Waals surface area contributed by atoms with E-state index in [0.29, 0.717) is 12.1 Å². The number of carbonyl (C=O) groups is 1. The summed E-state index contributed by atoms with van der Waals surface area (Å²) in [5, 5.41) is 3.31. The molecule has 0 saturated heterocycles. The van der Waals surface area contributed by atoms with E-state index in [1.165, 1.54) is 12.8 Å². The maximum absolute atomic E-state index is 11.1. The summed E-state index contributed by atoms with van der Waals surface area (Å²) in [6.45, 7) is 1.88. The molecule has 3 N–H and O–H groups in total. The molecular formula is C11H23N3O. The van der Waals surface area contributed by atoms with Gasteiger partial charge in [0.1, 0.15) is 0 Å². The fourth-order valence-corrected chi connectivity index (χ4v) is 2.29. The van der Waals surface area contributed by atoms with E-state index < -0.39 is 0 Å². The quantitative estimate of drug-likeness (QED) is 0.707. The van der Waals surface area contributed by atoms with Crippen LogP contribution in [0, 0.1) is 0 Å². The van der Waals surface area contributed by atoms with Gasteiger partial charge in [0, 0.05) is 12.1 Å². The summed E-state index contributed by atoms with van der Waals surface area (Å²) >= 11 is 0. The van der Waals surface area contributed by atoms with E-state index in [-0.39, 0.29) is 11.9 Å². The Balaban J connectivity index is 2.42. The standard InChI is InChI=1S/C11H23N3O/c1-8(11(12)15)14(3)10-6-4-9(13-2)5-7-10/h8-10,13H,4-7H2,1-3H3,(H2,12,15). The summed E-state index contributed by atoms with van der Waals surface area (Å²) in [6, 6.07) is 1.01. The van der Waals surface area contributed by atoms with E-state index in [1.54, 1.807) is 0 Å². The van der Waals surface area contributed by atoms with E-state index in [4.69, 9.17) is 5.73 Å². The van der Waals surface area contributed by atoms with E-state index in [0.717, 1.165) is 12.8 Å². The van der Waals surface area contributed by atoms with Crippen molar-refractivity contribution in [2.24, 2.45) is 5.73 Å². The molecule has 15 heavy (non-hydrogen) atoms. The van der Waals surface area contributed by atoms with Crippen molar-refractivity contribution in [3.05, 3.63) is 0 Å². The molecule has 0 aromatic carbocycles. The van der Waals surface area contributed by atoms with E-state index in [9.17, 15) is 4.79 Å². The van der Waals surface area contributed by atoms with Crippen molar-refractivity contribution in [1.82, 2.24) is 10.2 Å². The minimum atomic E-state index is -0.228. The molecular weight excluding hydrogens is 190 g/mol. The lowest BCUT2D eigenvalue weighted by molar-refractivity contribution is -0.123. The molecule has 1 aliphatic carbocycles. The Bertz CT molecular complexity index is 212. The third kappa shape index (κ3) is 3.18. The highest BCUT2D eigenvalue weighted by Gasteiger charge is 2.27. The number of carbonyl (C=O) groups excluding carboxylic acids is 1. The topological polar surface area (TPSA) is 58.4 Å². The smallest absolute Gasteiger partial charge is 0.234 e. The van der Waals surface area contributed by atoms with Gasteiger partial charge in [0.25, 0.3) is 0 Å². The molecule has 0 aromatic rings. The predicted molar refractivity (Wildman–Crippen MR) is 61.5 cm³/mol. The van der Waals surface area contributed by atoms with Crippen LogP contribution in [0.2, 0.25) is 0 Å². The van der Waals surface area contributed by atoms with Crippen LogP contribution >= 0.6 is 0 Å². The highest BCUT2D eigenvalue weighted by atomic mass is 16.1. The van der Waals surface area contributed by atoms with Crippen LogP contribution in [0.25, 0.3) is 0 Å². The van der Waals surface area contributed by atoms with Crippen LogP contribution in [-0.2, 0) is 4.79 Å². The Morgan fingerprint density at radius 1 is 1.40 bits per heavy atom. The van der Waals surface area contributed by atoms with Crippen LogP contribution in [0.15, 0.2) is 0 Å². The lowest BCUT2D eigenvalue weighted by Gasteiger charge is -2.36. The monoisotopic (exact) mass is 213 g/mol. The molecule has 88 valence electrons. The summed E-state index contributed by atoms with van der Waals surface area (Å²) in [4.78, 5) is 13.2. The number of amides is 1. The lowest BCUT2D eigenvalue weighted by atomic mass is 9.90. The molecule has 0 bridgehead atoms. The predicted octanol–water partition coefficient (Wildman–Crippen LogP) is 0.323. The summed E-state index contributed by atoms with van der Waals surface area (Å²) in [7, 11) is 4.01. The minimum Gasteiger partial charge on any atom is -0.368 e. The average molecular weight is 213 g/mol. The van der Waals surface area contributed by atoms with Crippen molar-refractivity contribution in [2.45, 2.75) is 50.7 Å². The van der Waals surface area contributed by atoms with Gasteiger partial charge in [-0.25, -0.2) is 0 Å². The molecule has 4 heteroatoms. The first-order chi connectivity index (χ1) is 7.06. The average Bonchev–Trinajstić information content (AvgIpc) is 2.27. The van der Waals surface area contributed by atoms with Gasteiger partial charge in [0.2, 0.25) is 5.91 Å².